The van der Waals surface area contributed by atoms with E-state index >= 15 is 0 Å². The molecule has 0 atom stereocenters. The highest BCUT2D eigenvalue weighted by atomic mass is 16.4. The molecule has 0 fully saturated rings. The Labute approximate surface area is 107 Å². The molecule has 0 bridgehead atoms. The SMILES string of the molecule is Cc1ccc(C)c(CC(=O)N(C)CC(N)=NO)c1. The molecule has 0 spiro atoms. The van der Waals surface area contributed by atoms with Crippen LogP contribution in [0.5, 0.6) is 0 Å². The lowest BCUT2D eigenvalue weighted by molar-refractivity contribution is -0.128. The molecule has 18 heavy (non-hydrogen) atoms. The Kier molecular flexibility index (Phi) is 4.71. The second kappa shape index (κ2) is 6.05. The van der Waals surface area contributed by atoms with E-state index in [1.165, 1.54) is 4.90 Å². The van der Waals surface area contributed by atoms with Gasteiger partial charge in [-0.25, -0.2) is 0 Å². The van der Waals surface area contributed by atoms with Crippen molar-refractivity contribution in [2.45, 2.75) is 20.3 Å². The number of aryl methyl sites for hydroxylation is 2. The highest BCUT2D eigenvalue weighted by Gasteiger charge is 2.12. The molecular formula is C13H19N3O2. The molecule has 5 nitrogen and oxygen atoms in total. The zero-order valence-electron chi connectivity index (χ0n) is 11.0. The minimum absolute atomic E-state index is 0.0202. The fourth-order valence-electron chi connectivity index (χ4n) is 1.65. The van der Waals surface area contributed by atoms with E-state index in [0.29, 0.717) is 6.42 Å². The Morgan fingerprint density at radius 2 is 2.11 bits per heavy atom. The zero-order chi connectivity index (χ0) is 13.7. The molecule has 1 aromatic rings. The number of hydrogen-bond acceptors (Lipinski definition) is 3. The Hall–Kier alpha value is -2.04. The number of benzene rings is 1. The van der Waals surface area contributed by atoms with Gasteiger partial charge in [0.05, 0.1) is 13.0 Å². The Balaban J connectivity index is 2.72. The Bertz CT molecular complexity index is 469. The van der Waals surface area contributed by atoms with Gasteiger partial charge in [-0.05, 0) is 25.0 Å². The maximum atomic E-state index is 12.0. The standard InChI is InChI=1S/C13H19N3O2/c1-9-4-5-10(2)11(6-9)7-13(17)16(3)8-12(14)15-18/h4-6,18H,7-8H2,1-3H3,(H2,14,15). The van der Waals surface area contributed by atoms with Crippen molar-refractivity contribution >= 4 is 11.7 Å². The number of hydrogen-bond donors (Lipinski definition) is 2. The van der Waals surface area contributed by atoms with Gasteiger partial charge in [0.1, 0.15) is 0 Å². The van der Waals surface area contributed by atoms with Gasteiger partial charge in [-0.15, -0.1) is 0 Å². The van der Waals surface area contributed by atoms with Gasteiger partial charge >= 0.3 is 0 Å². The van der Waals surface area contributed by atoms with Gasteiger partial charge in [0.15, 0.2) is 5.84 Å². The molecule has 0 aliphatic carbocycles. The first-order valence-electron chi connectivity index (χ1n) is 5.70. The summed E-state index contributed by atoms with van der Waals surface area (Å²) in [6, 6.07) is 6.02. The summed E-state index contributed by atoms with van der Waals surface area (Å²) >= 11 is 0. The number of likely N-dealkylation sites (N-methyl/N-ethyl adjacent to an activating group) is 1. The summed E-state index contributed by atoms with van der Waals surface area (Å²) in [4.78, 5) is 13.4. The van der Waals surface area contributed by atoms with Gasteiger partial charge in [-0.3, -0.25) is 4.79 Å². The highest BCUT2D eigenvalue weighted by molar-refractivity contribution is 5.87. The van der Waals surface area contributed by atoms with Crippen molar-refractivity contribution in [1.82, 2.24) is 4.90 Å². The summed E-state index contributed by atoms with van der Waals surface area (Å²) < 4.78 is 0. The topological polar surface area (TPSA) is 78.9 Å². The summed E-state index contributed by atoms with van der Waals surface area (Å²) in [5, 5.41) is 11.3. The van der Waals surface area contributed by atoms with E-state index in [9.17, 15) is 4.79 Å². The molecule has 0 aromatic heterocycles. The van der Waals surface area contributed by atoms with Crippen molar-refractivity contribution < 1.29 is 10.0 Å². The minimum Gasteiger partial charge on any atom is -0.409 e. The lowest BCUT2D eigenvalue weighted by atomic mass is 10.0. The number of oxime groups is 1. The third-order valence-electron chi connectivity index (χ3n) is 2.80. The molecule has 1 rings (SSSR count). The van der Waals surface area contributed by atoms with Crippen molar-refractivity contribution in [2.75, 3.05) is 13.6 Å². The predicted molar refractivity (Wildman–Crippen MR) is 70.7 cm³/mol. The first kappa shape index (κ1) is 14.0. The van der Waals surface area contributed by atoms with E-state index in [4.69, 9.17) is 10.9 Å². The van der Waals surface area contributed by atoms with Crippen molar-refractivity contribution in [3.63, 3.8) is 0 Å². The van der Waals surface area contributed by atoms with Gasteiger partial charge in [-0.1, -0.05) is 28.9 Å². The molecule has 1 amide bonds. The van der Waals surface area contributed by atoms with Crippen LogP contribution in [0.2, 0.25) is 0 Å². The van der Waals surface area contributed by atoms with Crippen molar-refractivity contribution in [3.8, 4) is 0 Å². The molecular weight excluding hydrogens is 230 g/mol. The fraction of sp³-hybridized carbons (Fsp3) is 0.385. The normalized spacial score (nSPS) is 11.4. The van der Waals surface area contributed by atoms with Crippen LogP contribution >= 0.6 is 0 Å². The molecule has 0 radical (unpaired) electrons. The van der Waals surface area contributed by atoms with E-state index in [2.05, 4.69) is 5.16 Å². The third kappa shape index (κ3) is 3.76. The molecule has 0 aliphatic rings. The Morgan fingerprint density at radius 1 is 1.44 bits per heavy atom. The number of rotatable bonds is 4. The fourth-order valence-corrected chi connectivity index (χ4v) is 1.65. The Morgan fingerprint density at radius 3 is 2.72 bits per heavy atom. The summed E-state index contributed by atoms with van der Waals surface area (Å²) in [5.74, 6) is -0.0397. The summed E-state index contributed by atoms with van der Waals surface area (Å²) in [6.07, 6.45) is 0.322. The zero-order valence-corrected chi connectivity index (χ0v) is 11.0. The van der Waals surface area contributed by atoms with Crippen LogP contribution in [0, 0.1) is 13.8 Å². The van der Waals surface area contributed by atoms with Gasteiger partial charge < -0.3 is 15.8 Å². The van der Waals surface area contributed by atoms with E-state index in [0.717, 1.165) is 16.7 Å². The van der Waals surface area contributed by atoms with E-state index in [-0.39, 0.29) is 18.3 Å². The maximum absolute atomic E-state index is 12.0. The number of amides is 1. The van der Waals surface area contributed by atoms with E-state index in [1.54, 1.807) is 7.05 Å². The number of carbonyl (C=O) groups is 1. The summed E-state index contributed by atoms with van der Waals surface area (Å²) in [6.45, 7) is 4.10. The van der Waals surface area contributed by atoms with E-state index < -0.39 is 0 Å². The molecule has 0 aliphatic heterocycles. The first-order valence-corrected chi connectivity index (χ1v) is 5.70. The molecule has 0 saturated carbocycles. The number of nitrogens with zero attached hydrogens (tertiary/aromatic N) is 2. The molecule has 0 saturated heterocycles. The van der Waals surface area contributed by atoms with Crippen LogP contribution in [-0.2, 0) is 11.2 Å². The van der Waals surface area contributed by atoms with Gasteiger partial charge in [0.2, 0.25) is 5.91 Å². The van der Waals surface area contributed by atoms with Crippen LogP contribution in [0.15, 0.2) is 23.4 Å². The molecule has 3 N–H and O–H groups in total. The molecule has 0 heterocycles. The van der Waals surface area contributed by atoms with Gasteiger partial charge in [0, 0.05) is 7.05 Å². The third-order valence-corrected chi connectivity index (χ3v) is 2.80. The average molecular weight is 249 g/mol. The van der Waals surface area contributed by atoms with Gasteiger partial charge in [0.25, 0.3) is 0 Å². The van der Waals surface area contributed by atoms with Crippen LogP contribution < -0.4 is 5.73 Å². The van der Waals surface area contributed by atoms with Crippen LogP contribution in [0.4, 0.5) is 0 Å². The number of nitrogens with two attached hydrogens (primary N) is 1. The van der Waals surface area contributed by atoms with Crippen LogP contribution in [0.3, 0.4) is 0 Å². The lowest BCUT2D eigenvalue weighted by Crippen LogP contribution is -2.36. The largest absolute Gasteiger partial charge is 0.409 e. The average Bonchev–Trinajstić information content (AvgIpc) is 2.33. The van der Waals surface area contributed by atoms with Crippen molar-refractivity contribution in [1.29, 1.82) is 0 Å². The molecule has 1 aromatic carbocycles. The smallest absolute Gasteiger partial charge is 0.227 e. The van der Waals surface area contributed by atoms with Crippen molar-refractivity contribution in [3.05, 3.63) is 34.9 Å². The van der Waals surface area contributed by atoms with Gasteiger partial charge in [-0.2, -0.15) is 0 Å². The monoisotopic (exact) mass is 249 g/mol. The van der Waals surface area contributed by atoms with Crippen LogP contribution in [0.1, 0.15) is 16.7 Å². The van der Waals surface area contributed by atoms with Crippen molar-refractivity contribution in [2.24, 2.45) is 10.9 Å². The van der Waals surface area contributed by atoms with Crippen LogP contribution in [0.25, 0.3) is 0 Å². The second-order valence-corrected chi connectivity index (χ2v) is 4.45. The maximum Gasteiger partial charge on any atom is 0.227 e. The van der Waals surface area contributed by atoms with Crippen LogP contribution in [-0.4, -0.2) is 35.4 Å². The molecule has 98 valence electrons. The van der Waals surface area contributed by atoms with E-state index in [1.807, 2.05) is 32.0 Å². The minimum atomic E-state index is -0.0599. The first-order chi connectivity index (χ1) is 8.43. The molecule has 5 heteroatoms. The quantitative estimate of drug-likeness (QED) is 0.362. The lowest BCUT2D eigenvalue weighted by Gasteiger charge is -2.17. The number of amidine groups is 1. The second-order valence-electron chi connectivity index (χ2n) is 4.45. The highest BCUT2D eigenvalue weighted by Crippen LogP contribution is 2.12. The predicted octanol–water partition coefficient (Wildman–Crippen LogP) is 1.05. The number of carbonyl (C=O) groups excluding carboxylic acids is 1. The summed E-state index contributed by atoms with van der Waals surface area (Å²) in [7, 11) is 1.63. The summed E-state index contributed by atoms with van der Waals surface area (Å²) in [5.41, 5.74) is 8.59. The molecule has 0 unspecified atom stereocenters.